The lowest BCUT2D eigenvalue weighted by atomic mass is 10.2. The summed E-state index contributed by atoms with van der Waals surface area (Å²) in [4.78, 5) is 11.1. The summed E-state index contributed by atoms with van der Waals surface area (Å²) < 4.78 is 5.83. The molecule has 1 amide bonds. The lowest BCUT2D eigenvalue weighted by molar-refractivity contribution is -0.114. The minimum atomic E-state index is -0.121. The van der Waals surface area contributed by atoms with Crippen LogP contribution in [0.15, 0.2) is 18.2 Å². The van der Waals surface area contributed by atoms with E-state index in [2.05, 4.69) is 19.2 Å². The van der Waals surface area contributed by atoms with Gasteiger partial charge in [-0.1, -0.05) is 13.8 Å². The predicted octanol–water partition coefficient (Wildman–Crippen LogP) is 2.79. The topological polar surface area (TPSA) is 64.3 Å². The van der Waals surface area contributed by atoms with Crippen LogP contribution in [0.1, 0.15) is 33.6 Å². The molecule has 1 aromatic rings. The van der Waals surface area contributed by atoms with Crippen LogP contribution in [-0.2, 0) is 4.79 Å². The van der Waals surface area contributed by atoms with Crippen molar-refractivity contribution in [2.75, 3.05) is 11.1 Å². The Kier molecular flexibility index (Phi) is 4.82. The number of anilines is 2. The van der Waals surface area contributed by atoms with Gasteiger partial charge in [0.1, 0.15) is 5.75 Å². The van der Waals surface area contributed by atoms with E-state index in [0.717, 1.165) is 12.8 Å². The van der Waals surface area contributed by atoms with E-state index in [4.69, 9.17) is 10.5 Å². The van der Waals surface area contributed by atoms with E-state index in [1.807, 2.05) is 0 Å². The van der Waals surface area contributed by atoms with Crippen LogP contribution in [0.5, 0.6) is 5.75 Å². The molecule has 4 nitrogen and oxygen atoms in total. The predicted molar refractivity (Wildman–Crippen MR) is 70.2 cm³/mol. The first-order valence-corrected chi connectivity index (χ1v) is 5.90. The quantitative estimate of drug-likeness (QED) is 0.773. The lowest BCUT2D eigenvalue weighted by Crippen LogP contribution is -2.16. The van der Waals surface area contributed by atoms with Crippen molar-refractivity contribution >= 4 is 17.3 Å². The molecule has 3 N–H and O–H groups in total. The smallest absolute Gasteiger partial charge is 0.221 e. The summed E-state index contributed by atoms with van der Waals surface area (Å²) in [7, 11) is 0. The van der Waals surface area contributed by atoms with Crippen LogP contribution in [0, 0.1) is 0 Å². The lowest BCUT2D eigenvalue weighted by Gasteiger charge is -2.18. The molecule has 0 atom stereocenters. The first kappa shape index (κ1) is 13.4. The molecule has 0 aliphatic carbocycles. The molecular formula is C13H20N2O2. The molecule has 0 aliphatic heterocycles. The Hall–Kier alpha value is -1.71. The van der Waals surface area contributed by atoms with Crippen LogP contribution in [0.25, 0.3) is 0 Å². The monoisotopic (exact) mass is 236 g/mol. The Morgan fingerprint density at radius 3 is 2.59 bits per heavy atom. The molecule has 0 aliphatic rings. The molecule has 0 bridgehead atoms. The highest BCUT2D eigenvalue weighted by molar-refractivity contribution is 5.90. The number of nitrogens with two attached hydrogens (primary N) is 1. The number of amides is 1. The molecule has 1 rings (SSSR count). The summed E-state index contributed by atoms with van der Waals surface area (Å²) in [6.07, 6.45) is 1.99. The molecule has 0 unspecified atom stereocenters. The normalized spacial score (nSPS) is 10.4. The zero-order valence-electron chi connectivity index (χ0n) is 10.6. The molecule has 0 spiro atoms. The second-order valence-corrected chi connectivity index (χ2v) is 3.99. The van der Waals surface area contributed by atoms with Crippen molar-refractivity contribution in [3.05, 3.63) is 18.2 Å². The minimum Gasteiger partial charge on any atom is -0.488 e. The Morgan fingerprint density at radius 1 is 1.41 bits per heavy atom. The summed E-state index contributed by atoms with van der Waals surface area (Å²) in [6.45, 7) is 5.61. The van der Waals surface area contributed by atoms with E-state index in [1.54, 1.807) is 18.2 Å². The van der Waals surface area contributed by atoms with Crippen molar-refractivity contribution in [1.82, 2.24) is 0 Å². The molecule has 0 saturated heterocycles. The van der Waals surface area contributed by atoms with Crippen LogP contribution in [0.3, 0.4) is 0 Å². The minimum absolute atomic E-state index is 0.121. The summed E-state index contributed by atoms with van der Waals surface area (Å²) in [5.74, 6) is 0.512. The highest BCUT2D eigenvalue weighted by Crippen LogP contribution is 2.28. The molecule has 0 aromatic heterocycles. The molecule has 94 valence electrons. The number of hydrogen-bond acceptors (Lipinski definition) is 3. The fourth-order valence-electron chi connectivity index (χ4n) is 1.56. The van der Waals surface area contributed by atoms with E-state index < -0.39 is 0 Å². The highest BCUT2D eigenvalue weighted by Gasteiger charge is 2.10. The van der Waals surface area contributed by atoms with E-state index in [9.17, 15) is 4.79 Å². The third kappa shape index (κ3) is 3.98. The molecule has 4 heteroatoms. The summed E-state index contributed by atoms with van der Waals surface area (Å²) in [5.41, 5.74) is 7.01. The maximum Gasteiger partial charge on any atom is 0.221 e. The third-order valence-electron chi connectivity index (χ3n) is 2.52. The van der Waals surface area contributed by atoms with Gasteiger partial charge >= 0.3 is 0 Å². The maximum absolute atomic E-state index is 11.1. The van der Waals surface area contributed by atoms with Gasteiger partial charge in [0.05, 0.1) is 11.8 Å². The average molecular weight is 236 g/mol. The Bertz CT molecular complexity index is 387. The fraction of sp³-hybridized carbons (Fsp3) is 0.462. The van der Waals surface area contributed by atoms with Crippen molar-refractivity contribution in [3.63, 3.8) is 0 Å². The van der Waals surface area contributed by atoms with Crippen LogP contribution in [0.4, 0.5) is 11.4 Å². The second-order valence-electron chi connectivity index (χ2n) is 3.99. The summed E-state index contributed by atoms with van der Waals surface area (Å²) >= 11 is 0. The van der Waals surface area contributed by atoms with Gasteiger partial charge in [-0.15, -0.1) is 0 Å². The standard InChI is InChI=1S/C13H20N2O2/c1-4-11(5-2)17-13-8-10(14)6-7-12(13)15-9(3)16/h6-8,11H,4-5,14H2,1-3H3,(H,15,16). The van der Waals surface area contributed by atoms with Crippen molar-refractivity contribution < 1.29 is 9.53 Å². The molecule has 0 radical (unpaired) electrons. The van der Waals surface area contributed by atoms with Crippen LogP contribution >= 0.6 is 0 Å². The van der Waals surface area contributed by atoms with Gasteiger partial charge in [-0.2, -0.15) is 0 Å². The van der Waals surface area contributed by atoms with E-state index in [0.29, 0.717) is 17.1 Å². The second kappa shape index (κ2) is 6.13. The Labute approximate surface area is 102 Å². The van der Waals surface area contributed by atoms with Gasteiger partial charge in [0.15, 0.2) is 0 Å². The SMILES string of the molecule is CCC(CC)Oc1cc(N)ccc1NC(C)=O. The average Bonchev–Trinajstić information content (AvgIpc) is 2.28. The molecule has 1 aromatic carbocycles. The summed E-state index contributed by atoms with van der Waals surface area (Å²) in [5, 5.41) is 2.73. The molecule has 0 heterocycles. The van der Waals surface area contributed by atoms with Gasteiger partial charge in [-0.05, 0) is 25.0 Å². The number of nitrogen functional groups attached to an aromatic ring is 1. The van der Waals surface area contributed by atoms with Crippen LogP contribution in [-0.4, -0.2) is 12.0 Å². The zero-order valence-corrected chi connectivity index (χ0v) is 10.6. The van der Waals surface area contributed by atoms with E-state index >= 15 is 0 Å². The molecule has 0 fully saturated rings. The van der Waals surface area contributed by atoms with Crippen LogP contribution < -0.4 is 15.8 Å². The number of benzene rings is 1. The van der Waals surface area contributed by atoms with Crippen molar-refractivity contribution in [1.29, 1.82) is 0 Å². The van der Waals surface area contributed by atoms with Gasteiger partial charge in [-0.25, -0.2) is 0 Å². The molecular weight excluding hydrogens is 216 g/mol. The highest BCUT2D eigenvalue weighted by atomic mass is 16.5. The fourth-order valence-corrected chi connectivity index (χ4v) is 1.56. The first-order valence-electron chi connectivity index (χ1n) is 5.90. The van der Waals surface area contributed by atoms with E-state index in [1.165, 1.54) is 6.92 Å². The van der Waals surface area contributed by atoms with Gasteiger partial charge < -0.3 is 15.8 Å². The van der Waals surface area contributed by atoms with Crippen molar-refractivity contribution in [3.8, 4) is 5.75 Å². The number of rotatable bonds is 5. The van der Waals surface area contributed by atoms with Gasteiger partial charge in [0.25, 0.3) is 0 Å². The summed E-state index contributed by atoms with van der Waals surface area (Å²) in [6, 6.07) is 5.24. The number of nitrogens with one attached hydrogen (secondary N) is 1. The number of ether oxygens (including phenoxy) is 1. The largest absolute Gasteiger partial charge is 0.488 e. The number of carbonyl (C=O) groups excluding carboxylic acids is 1. The zero-order chi connectivity index (χ0) is 12.8. The Balaban J connectivity index is 2.93. The van der Waals surface area contributed by atoms with Gasteiger partial charge in [0, 0.05) is 18.7 Å². The maximum atomic E-state index is 11.1. The first-order chi connectivity index (χ1) is 8.06. The van der Waals surface area contributed by atoms with Gasteiger partial charge in [0.2, 0.25) is 5.91 Å². The van der Waals surface area contributed by atoms with Gasteiger partial charge in [-0.3, -0.25) is 4.79 Å². The Morgan fingerprint density at radius 2 is 2.06 bits per heavy atom. The number of hydrogen-bond donors (Lipinski definition) is 2. The number of carbonyl (C=O) groups is 1. The van der Waals surface area contributed by atoms with E-state index in [-0.39, 0.29) is 12.0 Å². The van der Waals surface area contributed by atoms with Crippen LogP contribution in [0.2, 0.25) is 0 Å². The van der Waals surface area contributed by atoms with Crippen molar-refractivity contribution in [2.45, 2.75) is 39.7 Å². The molecule has 17 heavy (non-hydrogen) atoms. The molecule has 0 saturated carbocycles. The third-order valence-corrected chi connectivity index (χ3v) is 2.52. The van der Waals surface area contributed by atoms with Crippen molar-refractivity contribution in [2.24, 2.45) is 0 Å².